The molecule has 3 rings (SSSR count). The third kappa shape index (κ3) is 3.65. The number of aromatic nitrogens is 1. The Morgan fingerprint density at radius 3 is 2.95 bits per heavy atom. The summed E-state index contributed by atoms with van der Waals surface area (Å²) in [5.41, 5.74) is 1.15. The van der Waals surface area contributed by atoms with Gasteiger partial charge in [-0.3, -0.25) is 14.7 Å². The van der Waals surface area contributed by atoms with Gasteiger partial charge in [0.25, 0.3) is 0 Å². The zero-order chi connectivity index (χ0) is 15.4. The molecule has 0 radical (unpaired) electrons. The summed E-state index contributed by atoms with van der Waals surface area (Å²) in [5, 5.41) is 9.81. The predicted octanol–water partition coefficient (Wildman–Crippen LogP) is 1.42. The highest BCUT2D eigenvalue weighted by molar-refractivity contribution is 5.82. The van der Waals surface area contributed by atoms with E-state index in [1.165, 1.54) is 0 Å². The van der Waals surface area contributed by atoms with Gasteiger partial charge >= 0.3 is 0 Å². The first kappa shape index (κ1) is 15.4. The molecule has 3 heterocycles. The maximum atomic E-state index is 12.9. The van der Waals surface area contributed by atoms with E-state index in [-0.39, 0.29) is 18.1 Å². The molecule has 5 nitrogen and oxygen atoms in total. The van der Waals surface area contributed by atoms with Crippen molar-refractivity contribution in [1.82, 2.24) is 14.8 Å². The van der Waals surface area contributed by atoms with Crippen LogP contribution in [-0.4, -0.2) is 57.6 Å². The molecule has 0 bridgehead atoms. The molecule has 2 atom stereocenters. The van der Waals surface area contributed by atoms with Crippen LogP contribution in [0.3, 0.4) is 0 Å². The maximum Gasteiger partial charge on any atom is 0.240 e. The van der Waals surface area contributed by atoms with E-state index in [2.05, 4.69) is 16.0 Å². The zero-order valence-electron chi connectivity index (χ0n) is 13.0. The summed E-state index contributed by atoms with van der Waals surface area (Å²) in [7, 11) is 0. The van der Waals surface area contributed by atoms with Crippen molar-refractivity contribution in [2.75, 3.05) is 19.6 Å². The number of β-amino-alcohol motifs (C(OH)–C–C–N with tert-alkyl or cyclic N) is 1. The van der Waals surface area contributed by atoms with Gasteiger partial charge in [-0.25, -0.2) is 0 Å². The van der Waals surface area contributed by atoms with Crippen molar-refractivity contribution in [1.29, 1.82) is 0 Å². The fraction of sp³-hybridized carbons (Fsp3) is 0.647. The molecule has 0 aromatic carbocycles. The van der Waals surface area contributed by atoms with Crippen molar-refractivity contribution in [3.05, 3.63) is 30.1 Å². The second-order valence-electron chi connectivity index (χ2n) is 6.42. The number of hydrogen-bond acceptors (Lipinski definition) is 4. The number of amides is 1. The van der Waals surface area contributed by atoms with Gasteiger partial charge in [-0.2, -0.15) is 0 Å². The Bertz CT molecular complexity index is 494. The second kappa shape index (κ2) is 7.20. The average Bonchev–Trinajstić information content (AvgIpc) is 2.56. The fourth-order valence-corrected chi connectivity index (χ4v) is 3.55. The van der Waals surface area contributed by atoms with Gasteiger partial charge in [0, 0.05) is 32.0 Å². The molecule has 22 heavy (non-hydrogen) atoms. The van der Waals surface area contributed by atoms with Crippen LogP contribution in [0, 0.1) is 0 Å². The molecular weight excluding hydrogens is 278 g/mol. The lowest BCUT2D eigenvalue weighted by atomic mass is 9.98. The lowest BCUT2D eigenvalue weighted by molar-refractivity contribution is -0.141. The number of hydrogen-bond donors (Lipinski definition) is 1. The molecule has 1 amide bonds. The fourth-order valence-electron chi connectivity index (χ4n) is 3.55. The number of carbonyl (C=O) groups excluding carboxylic acids is 1. The van der Waals surface area contributed by atoms with E-state index in [0.717, 1.165) is 57.3 Å². The summed E-state index contributed by atoms with van der Waals surface area (Å²) in [4.78, 5) is 21.2. The van der Waals surface area contributed by atoms with Crippen molar-refractivity contribution in [3.63, 3.8) is 0 Å². The molecule has 1 aromatic rings. The van der Waals surface area contributed by atoms with Crippen LogP contribution < -0.4 is 0 Å². The molecule has 2 saturated heterocycles. The summed E-state index contributed by atoms with van der Waals surface area (Å²) in [5.74, 6) is 0.197. The Hall–Kier alpha value is -1.46. The van der Waals surface area contributed by atoms with E-state index < -0.39 is 0 Å². The van der Waals surface area contributed by atoms with Crippen LogP contribution >= 0.6 is 0 Å². The minimum Gasteiger partial charge on any atom is -0.391 e. The quantitative estimate of drug-likeness (QED) is 0.917. The van der Waals surface area contributed by atoms with Crippen molar-refractivity contribution in [2.24, 2.45) is 0 Å². The van der Waals surface area contributed by atoms with E-state index >= 15 is 0 Å². The molecule has 5 heteroatoms. The molecule has 2 aliphatic rings. The second-order valence-corrected chi connectivity index (χ2v) is 6.42. The van der Waals surface area contributed by atoms with Crippen LogP contribution in [0.4, 0.5) is 0 Å². The molecule has 0 saturated carbocycles. The number of piperidine rings is 2. The summed E-state index contributed by atoms with van der Waals surface area (Å²) in [6, 6.07) is 3.96. The average molecular weight is 303 g/mol. The SMILES string of the molecule is O=C([C@H]1CCCCN1Cc1cccnc1)N1CCC[C@@H](O)C1. The first-order chi connectivity index (χ1) is 10.7. The zero-order valence-corrected chi connectivity index (χ0v) is 13.0. The minimum atomic E-state index is -0.354. The number of aliphatic hydroxyl groups excluding tert-OH is 1. The topological polar surface area (TPSA) is 56.7 Å². The molecule has 1 N–H and O–H groups in total. The molecule has 2 aliphatic heterocycles. The van der Waals surface area contributed by atoms with Crippen LogP contribution in [0.5, 0.6) is 0 Å². The van der Waals surface area contributed by atoms with Crippen molar-refractivity contribution in [2.45, 2.75) is 50.8 Å². The number of aliphatic hydroxyl groups is 1. The third-order valence-corrected chi connectivity index (χ3v) is 4.72. The molecule has 0 aliphatic carbocycles. The van der Waals surface area contributed by atoms with Crippen LogP contribution in [-0.2, 0) is 11.3 Å². The van der Waals surface area contributed by atoms with Gasteiger partial charge in [-0.1, -0.05) is 12.5 Å². The van der Waals surface area contributed by atoms with Gasteiger partial charge in [0.2, 0.25) is 5.91 Å². The summed E-state index contributed by atoms with van der Waals surface area (Å²) >= 11 is 0. The van der Waals surface area contributed by atoms with Gasteiger partial charge in [0.1, 0.15) is 0 Å². The lowest BCUT2D eigenvalue weighted by Gasteiger charge is -2.39. The largest absolute Gasteiger partial charge is 0.391 e. The van der Waals surface area contributed by atoms with Crippen molar-refractivity contribution in [3.8, 4) is 0 Å². The molecule has 120 valence electrons. The number of carbonyl (C=O) groups is 1. The summed E-state index contributed by atoms with van der Waals surface area (Å²) in [6.45, 7) is 3.02. The lowest BCUT2D eigenvalue weighted by Crippen LogP contribution is -2.53. The van der Waals surface area contributed by atoms with Gasteiger partial charge < -0.3 is 10.0 Å². The van der Waals surface area contributed by atoms with E-state index in [9.17, 15) is 9.90 Å². The Kier molecular flexibility index (Phi) is 5.05. The number of nitrogens with zero attached hydrogens (tertiary/aromatic N) is 3. The third-order valence-electron chi connectivity index (χ3n) is 4.72. The van der Waals surface area contributed by atoms with Gasteiger partial charge in [-0.05, 0) is 43.9 Å². The molecule has 2 fully saturated rings. The van der Waals surface area contributed by atoms with E-state index in [0.29, 0.717) is 6.54 Å². The number of pyridine rings is 1. The Balaban J connectivity index is 1.67. The highest BCUT2D eigenvalue weighted by atomic mass is 16.3. The van der Waals surface area contributed by atoms with Crippen molar-refractivity contribution >= 4 is 5.91 Å². The molecular formula is C17H25N3O2. The smallest absolute Gasteiger partial charge is 0.240 e. The standard InChI is InChI=1S/C17H25N3O2/c21-15-6-4-10-20(13-15)17(22)16-7-1-2-9-19(16)12-14-5-3-8-18-11-14/h3,5,8,11,15-16,21H,1-2,4,6-7,9-10,12-13H2/t15-,16-/m1/s1. The molecule has 1 aromatic heterocycles. The summed E-state index contributed by atoms with van der Waals surface area (Å²) < 4.78 is 0. The van der Waals surface area contributed by atoms with Crippen LogP contribution in [0.1, 0.15) is 37.7 Å². The predicted molar refractivity (Wildman–Crippen MR) is 84.1 cm³/mol. The number of rotatable bonds is 3. The van der Waals surface area contributed by atoms with Crippen LogP contribution in [0.15, 0.2) is 24.5 Å². The Labute approximate surface area is 131 Å². The highest BCUT2D eigenvalue weighted by Gasteiger charge is 2.33. The van der Waals surface area contributed by atoms with Gasteiger partial charge in [-0.15, -0.1) is 0 Å². The highest BCUT2D eigenvalue weighted by Crippen LogP contribution is 2.22. The van der Waals surface area contributed by atoms with Gasteiger partial charge in [0.15, 0.2) is 0 Å². The van der Waals surface area contributed by atoms with E-state index in [4.69, 9.17) is 0 Å². The van der Waals surface area contributed by atoms with Crippen molar-refractivity contribution < 1.29 is 9.90 Å². The normalized spacial score (nSPS) is 26.9. The van der Waals surface area contributed by atoms with Crippen LogP contribution in [0.2, 0.25) is 0 Å². The minimum absolute atomic E-state index is 0.0424. The first-order valence-electron chi connectivity index (χ1n) is 8.34. The monoisotopic (exact) mass is 303 g/mol. The maximum absolute atomic E-state index is 12.9. The first-order valence-corrected chi connectivity index (χ1v) is 8.34. The molecule has 0 spiro atoms. The molecule has 0 unspecified atom stereocenters. The summed E-state index contributed by atoms with van der Waals surface area (Å²) in [6.07, 6.45) is 8.19. The van der Waals surface area contributed by atoms with Crippen LogP contribution in [0.25, 0.3) is 0 Å². The Morgan fingerprint density at radius 2 is 2.18 bits per heavy atom. The van der Waals surface area contributed by atoms with E-state index in [1.54, 1.807) is 6.20 Å². The Morgan fingerprint density at radius 1 is 1.27 bits per heavy atom. The van der Waals surface area contributed by atoms with Gasteiger partial charge in [0.05, 0.1) is 12.1 Å². The van der Waals surface area contributed by atoms with E-state index in [1.807, 2.05) is 17.2 Å². The number of likely N-dealkylation sites (tertiary alicyclic amines) is 2.